The lowest BCUT2D eigenvalue weighted by atomic mass is 10.0. The van der Waals surface area contributed by atoms with Crippen molar-refractivity contribution in [2.45, 2.75) is 53.6 Å². The van der Waals surface area contributed by atoms with Crippen LogP contribution < -0.4 is 11.1 Å². The number of aromatic nitrogens is 1. The summed E-state index contributed by atoms with van der Waals surface area (Å²) in [5.74, 6) is 0. The Morgan fingerprint density at radius 1 is 1.06 bits per heavy atom. The van der Waals surface area contributed by atoms with Crippen LogP contribution in [-0.2, 0) is 19.5 Å². The molecule has 4 heteroatoms. The number of aldehydes is 1. The van der Waals surface area contributed by atoms with Crippen LogP contribution in [0.2, 0.25) is 0 Å². The summed E-state index contributed by atoms with van der Waals surface area (Å²) in [5.41, 5.74) is 14.6. The molecule has 0 aliphatic rings. The number of aryl methyl sites for hydroxylation is 1. The second-order valence-corrected chi connectivity index (χ2v) is 8.16. The summed E-state index contributed by atoms with van der Waals surface area (Å²) in [6.45, 7) is 13.9. The summed E-state index contributed by atoms with van der Waals surface area (Å²) < 4.78 is 0. The number of nitrogen functional groups attached to an aromatic ring is 1. The number of carbonyl (C=O) groups excluding carboxylic acids is 1. The average Bonchev–Trinajstić information content (AvgIpc) is 3.29. The number of nitrogens with two attached hydrogens (primary N) is 1. The Morgan fingerprint density at radius 2 is 1.77 bits per heavy atom. The van der Waals surface area contributed by atoms with E-state index < -0.39 is 0 Å². The molecule has 3 aromatic rings. The van der Waals surface area contributed by atoms with Crippen molar-refractivity contribution in [1.29, 1.82) is 0 Å². The van der Waals surface area contributed by atoms with Crippen LogP contribution in [0.25, 0.3) is 11.1 Å². The molecule has 0 saturated carbocycles. The van der Waals surface area contributed by atoms with Crippen LogP contribution in [0.3, 0.4) is 0 Å². The number of carbonyl (C=O) groups is 1. The molecule has 3 rings (SSSR count). The third kappa shape index (κ3) is 8.27. The van der Waals surface area contributed by atoms with Gasteiger partial charge in [-0.3, -0.25) is 4.79 Å². The Morgan fingerprint density at radius 3 is 2.43 bits per heavy atom. The highest BCUT2D eigenvalue weighted by Gasteiger charge is 2.10. The van der Waals surface area contributed by atoms with E-state index in [4.69, 9.17) is 5.73 Å². The van der Waals surface area contributed by atoms with Crippen LogP contribution in [0.15, 0.2) is 79.4 Å². The Bertz CT molecular complexity index is 1150. The van der Waals surface area contributed by atoms with Crippen LogP contribution >= 0.6 is 0 Å². The zero-order chi connectivity index (χ0) is 25.6. The molecule has 0 aliphatic heterocycles. The number of allylic oxidation sites excluding steroid dienone is 5. The van der Waals surface area contributed by atoms with E-state index in [0.29, 0.717) is 0 Å². The molecule has 0 amide bonds. The van der Waals surface area contributed by atoms with E-state index in [2.05, 4.69) is 54.1 Å². The average molecular weight is 470 g/mol. The highest BCUT2D eigenvalue weighted by molar-refractivity contribution is 5.88. The van der Waals surface area contributed by atoms with Gasteiger partial charge in [-0.15, -0.1) is 0 Å². The van der Waals surface area contributed by atoms with Gasteiger partial charge in [-0.1, -0.05) is 76.3 Å². The molecule has 0 fully saturated rings. The van der Waals surface area contributed by atoms with Crippen LogP contribution in [0.4, 0.5) is 5.69 Å². The van der Waals surface area contributed by atoms with E-state index >= 15 is 0 Å². The highest BCUT2D eigenvalue weighted by Crippen LogP contribution is 2.25. The number of hydrogen-bond donors (Lipinski definition) is 3. The number of anilines is 1. The maximum Gasteiger partial charge on any atom is 0.151 e. The van der Waals surface area contributed by atoms with Crippen LogP contribution in [0, 0.1) is 0 Å². The topological polar surface area (TPSA) is 70.9 Å². The molecule has 35 heavy (non-hydrogen) atoms. The van der Waals surface area contributed by atoms with Crippen LogP contribution in [-0.4, -0.2) is 11.3 Å². The molecule has 4 nitrogen and oxygen atoms in total. The molecule has 0 atom stereocenters. The van der Waals surface area contributed by atoms with Gasteiger partial charge in [0.05, 0.1) is 0 Å². The number of nitrogens with one attached hydrogen (secondary N) is 2. The minimum absolute atomic E-state index is 0.724. The van der Waals surface area contributed by atoms with Gasteiger partial charge in [0.2, 0.25) is 0 Å². The summed E-state index contributed by atoms with van der Waals surface area (Å²) in [7, 11) is 0. The molecular formula is C31H39N3O. The molecule has 0 saturated heterocycles. The lowest BCUT2D eigenvalue weighted by Gasteiger charge is -2.09. The van der Waals surface area contributed by atoms with Crippen molar-refractivity contribution >= 4 is 23.1 Å². The number of aromatic amines is 1. The summed E-state index contributed by atoms with van der Waals surface area (Å²) in [4.78, 5) is 14.9. The molecule has 0 aliphatic carbocycles. The molecule has 0 unspecified atom stereocenters. The highest BCUT2D eigenvalue weighted by atomic mass is 16.1. The zero-order valence-electron chi connectivity index (χ0n) is 21.5. The summed E-state index contributed by atoms with van der Waals surface area (Å²) >= 11 is 0. The smallest absolute Gasteiger partial charge is 0.151 e. The van der Waals surface area contributed by atoms with Gasteiger partial charge in [-0.05, 0) is 71.5 Å². The fraction of sp³-hybridized carbons (Fsp3) is 0.258. The first kappa shape index (κ1) is 27.6. The van der Waals surface area contributed by atoms with Gasteiger partial charge >= 0.3 is 0 Å². The lowest BCUT2D eigenvalue weighted by molar-refractivity contribution is 0.112. The number of benzene rings is 2. The molecule has 1 aromatic heterocycles. The minimum Gasteiger partial charge on any atom is -0.399 e. The van der Waals surface area contributed by atoms with Crippen LogP contribution in [0.5, 0.6) is 0 Å². The van der Waals surface area contributed by atoms with Crippen molar-refractivity contribution in [1.82, 2.24) is 10.3 Å². The maximum atomic E-state index is 11.5. The Kier molecular flexibility index (Phi) is 11.5. The molecule has 1 heterocycles. The van der Waals surface area contributed by atoms with Crippen molar-refractivity contribution in [2.24, 2.45) is 0 Å². The van der Waals surface area contributed by atoms with Crippen molar-refractivity contribution in [2.75, 3.05) is 5.73 Å². The molecular weight excluding hydrogens is 430 g/mol. The fourth-order valence-corrected chi connectivity index (χ4v) is 3.76. The molecule has 0 spiro atoms. The van der Waals surface area contributed by atoms with E-state index in [1.54, 1.807) is 0 Å². The largest absolute Gasteiger partial charge is 0.399 e. The monoisotopic (exact) mass is 469 g/mol. The Labute approximate surface area is 210 Å². The SMILES string of the molecule is C=C(/C=C(\C=C/C)c1cc(C=O)c(CCC)[nH]1)c1cccc(CNCc2ccc(N)cc2)c1.CC. The van der Waals surface area contributed by atoms with E-state index in [0.717, 1.165) is 71.6 Å². The van der Waals surface area contributed by atoms with E-state index in [1.165, 1.54) is 11.1 Å². The van der Waals surface area contributed by atoms with Gasteiger partial charge < -0.3 is 16.0 Å². The van der Waals surface area contributed by atoms with Crippen molar-refractivity contribution in [3.05, 3.63) is 113 Å². The third-order valence-electron chi connectivity index (χ3n) is 5.48. The molecule has 4 N–H and O–H groups in total. The van der Waals surface area contributed by atoms with Gasteiger partial charge in [0, 0.05) is 35.7 Å². The summed E-state index contributed by atoms with van der Waals surface area (Å²) in [6, 6.07) is 18.2. The van der Waals surface area contributed by atoms with E-state index in [1.807, 2.05) is 63.3 Å². The Hall–Kier alpha value is -3.63. The maximum absolute atomic E-state index is 11.5. The Balaban J connectivity index is 0.00000210. The van der Waals surface area contributed by atoms with E-state index in [9.17, 15) is 4.79 Å². The molecule has 2 aromatic carbocycles. The van der Waals surface area contributed by atoms with Crippen molar-refractivity contribution in [3.63, 3.8) is 0 Å². The molecule has 184 valence electrons. The minimum atomic E-state index is 0.724. The molecule has 0 radical (unpaired) electrons. The van der Waals surface area contributed by atoms with Gasteiger partial charge in [0.15, 0.2) is 6.29 Å². The summed E-state index contributed by atoms with van der Waals surface area (Å²) in [6.07, 6.45) is 8.86. The number of rotatable bonds is 11. The first-order valence-corrected chi connectivity index (χ1v) is 12.4. The first-order chi connectivity index (χ1) is 17.0. The van der Waals surface area contributed by atoms with Crippen molar-refractivity contribution in [3.8, 4) is 0 Å². The normalized spacial score (nSPS) is 11.3. The van der Waals surface area contributed by atoms with Crippen LogP contribution in [0.1, 0.15) is 72.6 Å². The number of hydrogen-bond acceptors (Lipinski definition) is 3. The lowest BCUT2D eigenvalue weighted by Crippen LogP contribution is -2.12. The fourth-order valence-electron chi connectivity index (χ4n) is 3.76. The van der Waals surface area contributed by atoms with Gasteiger partial charge in [-0.25, -0.2) is 0 Å². The van der Waals surface area contributed by atoms with Gasteiger partial charge in [0.1, 0.15) is 0 Å². The van der Waals surface area contributed by atoms with Crippen molar-refractivity contribution < 1.29 is 4.79 Å². The second kappa shape index (κ2) is 14.6. The first-order valence-electron chi connectivity index (χ1n) is 12.4. The van der Waals surface area contributed by atoms with E-state index in [-0.39, 0.29) is 0 Å². The second-order valence-electron chi connectivity index (χ2n) is 8.16. The number of H-pyrrole nitrogens is 1. The quantitative estimate of drug-likeness (QED) is 0.156. The predicted octanol–water partition coefficient (Wildman–Crippen LogP) is 7.35. The zero-order valence-corrected chi connectivity index (χ0v) is 21.5. The van der Waals surface area contributed by atoms with Gasteiger partial charge in [-0.2, -0.15) is 0 Å². The van der Waals surface area contributed by atoms with Gasteiger partial charge in [0.25, 0.3) is 0 Å². The third-order valence-corrected chi connectivity index (χ3v) is 5.48. The molecule has 0 bridgehead atoms. The predicted molar refractivity (Wildman–Crippen MR) is 151 cm³/mol. The standard InChI is InChI=1S/C29H33N3O.C2H6/c1-4-7-25(29-17-26(20-33)28(32-29)8-5-2)15-21(3)24-10-6-9-23(16-24)19-31-18-22-11-13-27(30)14-12-22;1-2/h4,6-7,9-17,20,31-32H,3,5,8,18-19,30H2,1-2H3;1-2H3/b7-4-,25-15+;. The summed E-state index contributed by atoms with van der Waals surface area (Å²) in [5, 5.41) is 3.48.